The molecule has 0 saturated heterocycles. The van der Waals surface area contributed by atoms with E-state index < -0.39 is 7.05 Å². The lowest BCUT2D eigenvalue weighted by atomic mass is 9.87. The highest BCUT2D eigenvalue weighted by molar-refractivity contribution is 6.52. The molecule has 0 aromatic rings. The van der Waals surface area contributed by atoms with E-state index in [2.05, 4.69) is 0 Å². The van der Waals surface area contributed by atoms with Gasteiger partial charge in [0.25, 0.3) is 0 Å². The van der Waals surface area contributed by atoms with Gasteiger partial charge in [0, 0.05) is 0 Å². The third-order valence-corrected chi connectivity index (χ3v) is 0.390. The molecule has 3 heteroatoms. The molecule has 0 atom stereocenters. The van der Waals surface area contributed by atoms with Crippen molar-refractivity contribution in [3.05, 3.63) is 12.1 Å². The Kier molecular flexibility index (Phi) is 2.80. The molecule has 0 aromatic heterocycles. The normalized spacial score (nSPS) is 9.83. The highest BCUT2D eigenvalue weighted by Gasteiger charge is 1.90. The van der Waals surface area contributed by atoms with Crippen molar-refractivity contribution in [3.63, 3.8) is 0 Å². The summed E-state index contributed by atoms with van der Waals surface area (Å²) in [6.45, 7) is 1.80. The van der Waals surface area contributed by atoms with Gasteiger partial charge in [0.1, 0.15) is 0 Å². The van der Waals surface area contributed by atoms with E-state index in [4.69, 9.17) is 10.7 Å². The highest BCUT2D eigenvalue weighted by Crippen LogP contribution is 1.65. The standard InChI is InChI=1S/C3H8BNO/c1-2-3-4(5)6/h2-3,6H,5H2,1H3. The second-order valence-corrected chi connectivity index (χ2v) is 1.02. The Labute approximate surface area is 37.8 Å². The molecule has 0 amide bonds. The monoisotopic (exact) mass is 85.1 g/mol. The lowest BCUT2D eigenvalue weighted by Gasteiger charge is -1.80. The summed E-state index contributed by atoms with van der Waals surface area (Å²) in [6, 6.07) is 0. The predicted molar refractivity (Wildman–Crippen MR) is 27.0 cm³/mol. The van der Waals surface area contributed by atoms with Crippen LogP contribution in [0, 0.1) is 0 Å². The van der Waals surface area contributed by atoms with Crippen molar-refractivity contribution in [2.24, 2.45) is 5.64 Å². The fourth-order valence-electron chi connectivity index (χ4n) is 0.197. The fraction of sp³-hybridized carbons (Fsp3) is 0.333. The lowest BCUT2D eigenvalue weighted by molar-refractivity contribution is 0.586. The summed E-state index contributed by atoms with van der Waals surface area (Å²) in [5, 5.41) is 8.24. The summed E-state index contributed by atoms with van der Waals surface area (Å²) in [5.74, 6) is 1.50. The van der Waals surface area contributed by atoms with Crippen LogP contribution in [0.4, 0.5) is 0 Å². The predicted octanol–water partition coefficient (Wildman–Crippen LogP) is -0.459. The Balaban J connectivity index is 3.03. The Bertz CT molecular complexity index is 52.8. The van der Waals surface area contributed by atoms with Crippen LogP contribution in [0.25, 0.3) is 0 Å². The summed E-state index contributed by atoms with van der Waals surface area (Å²) in [4.78, 5) is 0. The van der Waals surface area contributed by atoms with Crippen LogP contribution in [0.2, 0.25) is 0 Å². The maximum atomic E-state index is 8.24. The molecular weight excluding hydrogens is 76.9 g/mol. The van der Waals surface area contributed by atoms with Crippen LogP contribution in [0.1, 0.15) is 6.92 Å². The largest absolute Gasteiger partial charge is 0.434 e. The molecule has 0 aliphatic heterocycles. The van der Waals surface area contributed by atoms with Crippen LogP contribution in [0.15, 0.2) is 12.1 Å². The van der Waals surface area contributed by atoms with E-state index in [0.717, 1.165) is 0 Å². The number of rotatable bonds is 1. The molecule has 0 radical (unpaired) electrons. The zero-order chi connectivity index (χ0) is 4.99. The summed E-state index contributed by atoms with van der Waals surface area (Å²) in [6.07, 6.45) is 1.70. The Hall–Kier alpha value is -0.275. The summed E-state index contributed by atoms with van der Waals surface area (Å²) in [7, 11) is -0.782. The number of nitrogens with two attached hydrogens (primary N) is 1. The van der Waals surface area contributed by atoms with Crippen LogP contribution in [-0.2, 0) is 0 Å². The van der Waals surface area contributed by atoms with Gasteiger partial charge in [-0.2, -0.15) is 0 Å². The third-order valence-electron chi connectivity index (χ3n) is 0.390. The van der Waals surface area contributed by atoms with Crippen molar-refractivity contribution >= 4 is 7.05 Å². The van der Waals surface area contributed by atoms with Gasteiger partial charge in [0.05, 0.1) is 0 Å². The van der Waals surface area contributed by atoms with E-state index in [1.807, 2.05) is 0 Å². The van der Waals surface area contributed by atoms with Gasteiger partial charge in [-0.05, 0) is 6.92 Å². The minimum absolute atomic E-state index is 0.782. The maximum Gasteiger partial charge on any atom is 0.402 e. The molecule has 34 valence electrons. The molecule has 0 unspecified atom stereocenters. The van der Waals surface area contributed by atoms with E-state index in [0.29, 0.717) is 0 Å². The van der Waals surface area contributed by atoms with Gasteiger partial charge in [-0.3, -0.25) is 0 Å². The average molecular weight is 84.9 g/mol. The van der Waals surface area contributed by atoms with Crippen molar-refractivity contribution < 1.29 is 5.02 Å². The highest BCUT2D eigenvalue weighted by atomic mass is 16.2. The molecule has 0 fully saturated rings. The molecule has 0 aromatic carbocycles. The van der Waals surface area contributed by atoms with Gasteiger partial charge in [-0.1, -0.05) is 12.1 Å². The van der Waals surface area contributed by atoms with Crippen LogP contribution in [0.5, 0.6) is 0 Å². The van der Waals surface area contributed by atoms with E-state index in [1.165, 1.54) is 5.98 Å². The van der Waals surface area contributed by atoms with Crippen LogP contribution in [-0.4, -0.2) is 12.1 Å². The topological polar surface area (TPSA) is 46.2 Å². The Morgan fingerprint density at radius 2 is 2.33 bits per heavy atom. The van der Waals surface area contributed by atoms with E-state index in [-0.39, 0.29) is 0 Å². The summed E-state index contributed by atoms with van der Waals surface area (Å²) in [5.41, 5.74) is 4.87. The third kappa shape index (κ3) is 3.72. The Morgan fingerprint density at radius 1 is 1.83 bits per heavy atom. The first-order valence-electron chi connectivity index (χ1n) is 1.84. The van der Waals surface area contributed by atoms with Gasteiger partial charge in [0.15, 0.2) is 0 Å². The molecule has 0 bridgehead atoms. The lowest BCUT2D eigenvalue weighted by Crippen LogP contribution is -2.21. The number of allylic oxidation sites excluding steroid dienone is 1. The number of hydrogen-bond donors (Lipinski definition) is 2. The van der Waals surface area contributed by atoms with Gasteiger partial charge in [-0.15, -0.1) is 0 Å². The van der Waals surface area contributed by atoms with Gasteiger partial charge < -0.3 is 10.7 Å². The van der Waals surface area contributed by atoms with E-state index in [1.54, 1.807) is 13.0 Å². The van der Waals surface area contributed by atoms with Crippen molar-refractivity contribution in [1.29, 1.82) is 0 Å². The SMILES string of the molecule is CC=CB(N)O. The first-order chi connectivity index (χ1) is 2.77. The summed E-state index contributed by atoms with van der Waals surface area (Å²) < 4.78 is 0. The summed E-state index contributed by atoms with van der Waals surface area (Å²) >= 11 is 0. The van der Waals surface area contributed by atoms with Crippen LogP contribution >= 0.6 is 0 Å². The minimum Gasteiger partial charge on any atom is -0.434 e. The second kappa shape index (κ2) is 2.94. The minimum atomic E-state index is -0.782. The van der Waals surface area contributed by atoms with Gasteiger partial charge >= 0.3 is 7.05 Å². The van der Waals surface area contributed by atoms with Crippen LogP contribution < -0.4 is 5.64 Å². The van der Waals surface area contributed by atoms with Gasteiger partial charge in [0.2, 0.25) is 0 Å². The molecule has 0 aliphatic rings. The molecule has 0 rings (SSSR count). The van der Waals surface area contributed by atoms with Crippen molar-refractivity contribution in [3.8, 4) is 0 Å². The maximum absolute atomic E-state index is 8.24. The van der Waals surface area contributed by atoms with Crippen molar-refractivity contribution in [1.82, 2.24) is 0 Å². The molecule has 2 nitrogen and oxygen atoms in total. The first kappa shape index (κ1) is 5.72. The zero-order valence-corrected chi connectivity index (χ0v) is 3.76. The smallest absolute Gasteiger partial charge is 0.402 e. The van der Waals surface area contributed by atoms with Crippen LogP contribution in [0.3, 0.4) is 0 Å². The molecule has 3 N–H and O–H groups in total. The zero-order valence-electron chi connectivity index (χ0n) is 3.76. The number of hydrogen-bond acceptors (Lipinski definition) is 2. The van der Waals surface area contributed by atoms with E-state index in [9.17, 15) is 0 Å². The molecule has 0 heterocycles. The second-order valence-electron chi connectivity index (χ2n) is 1.02. The Morgan fingerprint density at radius 3 is 2.33 bits per heavy atom. The van der Waals surface area contributed by atoms with Gasteiger partial charge in [-0.25, -0.2) is 0 Å². The fourth-order valence-corrected chi connectivity index (χ4v) is 0.197. The first-order valence-corrected chi connectivity index (χ1v) is 1.84. The van der Waals surface area contributed by atoms with Crippen molar-refractivity contribution in [2.75, 3.05) is 0 Å². The molecule has 0 spiro atoms. The molecule has 6 heavy (non-hydrogen) atoms. The molecule has 0 aliphatic carbocycles. The molecule has 0 saturated carbocycles. The average Bonchev–Trinajstić information content (AvgIpc) is 1.35. The van der Waals surface area contributed by atoms with Crippen molar-refractivity contribution in [2.45, 2.75) is 6.92 Å². The molecular formula is C3H8BNO. The quantitative estimate of drug-likeness (QED) is 0.423. The van der Waals surface area contributed by atoms with E-state index >= 15 is 0 Å².